The molecule has 3 rings (SSSR count). The number of methoxy groups -OCH3 is 1. The quantitative estimate of drug-likeness (QED) is 0.747. The van der Waals surface area contributed by atoms with Gasteiger partial charge >= 0.3 is 0 Å². The van der Waals surface area contributed by atoms with Crippen molar-refractivity contribution in [2.24, 2.45) is 0 Å². The Kier molecular flexibility index (Phi) is 6.02. The van der Waals surface area contributed by atoms with E-state index in [1.807, 2.05) is 24.3 Å². The van der Waals surface area contributed by atoms with Gasteiger partial charge in [-0.1, -0.05) is 24.3 Å². The molecule has 0 atom stereocenters. The van der Waals surface area contributed by atoms with Gasteiger partial charge in [-0.15, -0.1) is 0 Å². The van der Waals surface area contributed by atoms with Crippen LogP contribution in [0.2, 0.25) is 0 Å². The monoisotopic (exact) mass is 439 g/mol. The molecular weight excluding hydrogens is 418 g/mol. The first kappa shape index (κ1) is 19.4. The molecule has 1 saturated heterocycles. The SMILES string of the molecule is COc1ccc(C2(CNS(=O)(=O)c3ccccc3Br)CCOCC2)cc1. The zero-order valence-corrected chi connectivity index (χ0v) is 17.0. The summed E-state index contributed by atoms with van der Waals surface area (Å²) in [5.74, 6) is 0.782. The van der Waals surface area contributed by atoms with E-state index in [0.717, 1.165) is 24.2 Å². The minimum Gasteiger partial charge on any atom is -0.497 e. The number of ether oxygens (including phenoxy) is 2. The van der Waals surface area contributed by atoms with Crippen LogP contribution in [0.25, 0.3) is 0 Å². The van der Waals surface area contributed by atoms with Gasteiger partial charge < -0.3 is 9.47 Å². The van der Waals surface area contributed by atoms with Gasteiger partial charge in [0, 0.05) is 29.6 Å². The zero-order chi connectivity index (χ0) is 18.6. The van der Waals surface area contributed by atoms with Crippen molar-refractivity contribution in [3.8, 4) is 5.75 Å². The van der Waals surface area contributed by atoms with E-state index in [-0.39, 0.29) is 10.3 Å². The Morgan fingerprint density at radius 2 is 1.77 bits per heavy atom. The third-order valence-corrected chi connectivity index (χ3v) is 7.29. The maximum atomic E-state index is 12.8. The largest absolute Gasteiger partial charge is 0.497 e. The van der Waals surface area contributed by atoms with Crippen molar-refractivity contribution in [1.82, 2.24) is 4.72 Å². The molecular formula is C19H22BrNO4S. The van der Waals surface area contributed by atoms with Crippen LogP contribution in [0.5, 0.6) is 5.75 Å². The molecule has 1 fully saturated rings. The lowest BCUT2D eigenvalue weighted by Gasteiger charge is -2.38. The van der Waals surface area contributed by atoms with E-state index in [0.29, 0.717) is 24.2 Å². The molecule has 0 bridgehead atoms. The molecule has 0 amide bonds. The van der Waals surface area contributed by atoms with E-state index in [9.17, 15) is 8.42 Å². The summed E-state index contributed by atoms with van der Waals surface area (Å²) in [5.41, 5.74) is 0.801. The van der Waals surface area contributed by atoms with Crippen LogP contribution in [-0.2, 0) is 20.2 Å². The van der Waals surface area contributed by atoms with Gasteiger partial charge in [-0.3, -0.25) is 0 Å². The molecule has 2 aromatic rings. The number of hydrogen-bond donors (Lipinski definition) is 1. The summed E-state index contributed by atoms with van der Waals surface area (Å²) < 4.78 is 39.7. The minimum absolute atomic E-state index is 0.247. The first-order valence-corrected chi connectivity index (χ1v) is 10.7. The van der Waals surface area contributed by atoms with Crippen LogP contribution in [0.4, 0.5) is 0 Å². The average molecular weight is 440 g/mol. The Balaban J connectivity index is 1.86. The number of benzene rings is 2. The summed E-state index contributed by atoms with van der Waals surface area (Å²) in [6.07, 6.45) is 1.52. The van der Waals surface area contributed by atoms with Gasteiger partial charge in [-0.25, -0.2) is 13.1 Å². The third kappa shape index (κ3) is 4.11. The van der Waals surface area contributed by atoms with Gasteiger partial charge in [0.15, 0.2) is 0 Å². The topological polar surface area (TPSA) is 64.6 Å². The Morgan fingerprint density at radius 3 is 2.38 bits per heavy atom. The highest BCUT2D eigenvalue weighted by Crippen LogP contribution is 2.35. The van der Waals surface area contributed by atoms with E-state index in [4.69, 9.17) is 9.47 Å². The average Bonchev–Trinajstić information content (AvgIpc) is 2.67. The van der Waals surface area contributed by atoms with E-state index < -0.39 is 10.0 Å². The fourth-order valence-corrected chi connectivity index (χ4v) is 5.38. The maximum absolute atomic E-state index is 12.8. The van der Waals surface area contributed by atoms with Crippen molar-refractivity contribution >= 4 is 26.0 Å². The van der Waals surface area contributed by atoms with Crippen LogP contribution in [-0.4, -0.2) is 35.3 Å². The number of sulfonamides is 1. The molecule has 0 saturated carbocycles. The van der Waals surface area contributed by atoms with Crippen molar-refractivity contribution in [2.75, 3.05) is 26.9 Å². The van der Waals surface area contributed by atoms with E-state index in [2.05, 4.69) is 20.7 Å². The van der Waals surface area contributed by atoms with Gasteiger partial charge in [0.2, 0.25) is 10.0 Å². The molecule has 0 spiro atoms. The third-order valence-electron chi connectivity index (χ3n) is 4.88. The smallest absolute Gasteiger partial charge is 0.241 e. The number of nitrogens with one attached hydrogen (secondary N) is 1. The highest BCUT2D eigenvalue weighted by atomic mass is 79.9. The molecule has 26 heavy (non-hydrogen) atoms. The van der Waals surface area contributed by atoms with E-state index in [1.165, 1.54) is 0 Å². The van der Waals surface area contributed by atoms with Crippen LogP contribution in [0, 0.1) is 0 Å². The summed E-state index contributed by atoms with van der Waals surface area (Å²) in [7, 11) is -1.98. The normalized spacial score (nSPS) is 17.0. The molecule has 2 aromatic carbocycles. The summed E-state index contributed by atoms with van der Waals surface area (Å²) in [6, 6.07) is 14.7. The lowest BCUT2D eigenvalue weighted by atomic mass is 9.74. The van der Waals surface area contributed by atoms with Crippen LogP contribution in [0.15, 0.2) is 57.9 Å². The molecule has 1 heterocycles. The van der Waals surface area contributed by atoms with Gasteiger partial charge in [0.05, 0.1) is 12.0 Å². The van der Waals surface area contributed by atoms with Crippen molar-refractivity contribution < 1.29 is 17.9 Å². The molecule has 7 heteroatoms. The van der Waals surface area contributed by atoms with Crippen molar-refractivity contribution in [3.05, 3.63) is 58.6 Å². The Labute approximate surface area is 162 Å². The fourth-order valence-electron chi connectivity index (χ4n) is 3.25. The van der Waals surface area contributed by atoms with Gasteiger partial charge in [0.1, 0.15) is 5.75 Å². The van der Waals surface area contributed by atoms with Crippen LogP contribution >= 0.6 is 15.9 Å². The molecule has 0 unspecified atom stereocenters. The first-order valence-electron chi connectivity index (χ1n) is 8.43. The molecule has 1 N–H and O–H groups in total. The second kappa shape index (κ2) is 8.08. The van der Waals surface area contributed by atoms with Crippen LogP contribution in [0.1, 0.15) is 18.4 Å². The lowest BCUT2D eigenvalue weighted by molar-refractivity contribution is 0.0517. The Hall–Kier alpha value is -1.41. The standard InChI is InChI=1S/C19H22BrNO4S/c1-24-16-8-6-15(7-9-16)19(10-12-25-13-11-19)14-21-26(22,23)18-5-3-2-4-17(18)20/h2-9,21H,10-14H2,1H3. The second-order valence-corrected chi connectivity index (χ2v) is 8.97. The molecule has 0 aliphatic carbocycles. The predicted octanol–water partition coefficient (Wildman–Crippen LogP) is 3.48. The zero-order valence-electron chi connectivity index (χ0n) is 14.6. The summed E-state index contributed by atoms with van der Waals surface area (Å²) in [6.45, 7) is 1.55. The first-order chi connectivity index (χ1) is 12.5. The summed E-state index contributed by atoms with van der Waals surface area (Å²) in [5, 5.41) is 0. The number of halogens is 1. The molecule has 0 aromatic heterocycles. The molecule has 140 valence electrons. The highest BCUT2D eigenvalue weighted by molar-refractivity contribution is 9.10. The molecule has 5 nitrogen and oxygen atoms in total. The van der Waals surface area contributed by atoms with Crippen molar-refractivity contribution in [3.63, 3.8) is 0 Å². The molecule has 1 aliphatic heterocycles. The fraction of sp³-hybridized carbons (Fsp3) is 0.368. The Bertz CT molecular complexity index is 846. The van der Waals surface area contributed by atoms with E-state index >= 15 is 0 Å². The van der Waals surface area contributed by atoms with E-state index in [1.54, 1.807) is 31.4 Å². The van der Waals surface area contributed by atoms with Crippen molar-refractivity contribution in [2.45, 2.75) is 23.2 Å². The maximum Gasteiger partial charge on any atom is 0.241 e. The predicted molar refractivity (Wildman–Crippen MR) is 104 cm³/mol. The molecule has 1 aliphatic rings. The van der Waals surface area contributed by atoms with Crippen molar-refractivity contribution in [1.29, 1.82) is 0 Å². The van der Waals surface area contributed by atoms with Crippen LogP contribution < -0.4 is 9.46 Å². The summed E-state index contributed by atoms with van der Waals surface area (Å²) >= 11 is 3.32. The minimum atomic E-state index is -3.61. The van der Waals surface area contributed by atoms with Crippen LogP contribution in [0.3, 0.4) is 0 Å². The molecule has 0 radical (unpaired) electrons. The van der Waals surface area contributed by atoms with Gasteiger partial charge in [-0.2, -0.15) is 0 Å². The van der Waals surface area contributed by atoms with Gasteiger partial charge in [0.25, 0.3) is 0 Å². The summed E-state index contributed by atoms with van der Waals surface area (Å²) in [4.78, 5) is 0.247. The number of rotatable bonds is 6. The Morgan fingerprint density at radius 1 is 1.12 bits per heavy atom. The highest BCUT2D eigenvalue weighted by Gasteiger charge is 2.36. The second-order valence-electron chi connectivity index (χ2n) is 6.38. The van der Waals surface area contributed by atoms with Gasteiger partial charge in [-0.05, 0) is 58.6 Å². The number of hydrogen-bond acceptors (Lipinski definition) is 4. The lowest BCUT2D eigenvalue weighted by Crippen LogP contribution is -2.44.